The van der Waals surface area contributed by atoms with Crippen LogP contribution in [0.1, 0.15) is 5.56 Å². The second-order valence-corrected chi connectivity index (χ2v) is 4.47. The summed E-state index contributed by atoms with van der Waals surface area (Å²) in [5.74, 6) is 0.521. The smallest absolute Gasteiger partial charge is 0.299 e. The van der Waals surface area contributed by atoms with Gasteiger partial charge in [-0.15, -0.1) is 0 Å². The average Bonchev–Trinajstić information content (AvgIpc) is 2.92. The number of nitrogens with zero attached hydrogens (tertiary/aromatic N) is 3. The molecule has 3 heterocycles. The Morgan fingerprint density at radius 1 is 1.24 bits per heavy atom. The minimum Gasteiger partial charge on any atom is -0.425 e. The van der Waals surface area contributed by atoms with Crippen molar-refractivity contribution in [3.05, 3.63) is 58.8 Å². The van der Waals surface area contributed by atoms with Crippen LogP contribution in [0, 0.1) is 6.92 Å². The van der Waals surface area contributed by atoms with Crippen LogP contribution in [0.25, 0.3) is 11.5 Å². The van der Waals surface area contributed by atoms with E-state index in [0.29, 0.717) is 21.9 Å². The zero-order valence-electron chi connectivity index (χ0n) is 11.1. The van der Waals surface area contributed by atoms with Crippen LogP contribution in [0.3, 0.4) is 0 Å². The lowest BCUT2D eigenvalue weighted by molar-refractivity contribution is 0.175. The molecule has 0 atom stereocenters. The van der Waals surface area contributed by atoms with Gasteiger partial charge in [0, 0.05) is 24.1 Å². The van der Waals surface area contributed by atoms with Gasteiger partial charge in [-0.25, -0.2) is 4.98 Å². The van der Waals surface area contributed by atoms with Gasteiger partial charge in [-0.1, -0.05) is 6.07 Å². The van der Waals surface area contributed by atoms with E-state index in [9.17, 15) is 4.79 Å². The van der Waals surface area contributed by atoms with Gasteiger partial charge in [-0.2, -0.15) is 4.73 Å². The van der Waals surface area contributed by atoms with E-state index in [1.54, 1.807) is 12.4 Å². The van der Waals surface area contributed by atoms with Gasteiger partial charge in [0.15, 0.2) is 5.76 Å². The van der Waals surface area contributed by atoms with Gasteiger partial charge in [0.25, 0.3) is 11.6 Å². The summed E-state index contributed by atoms with van der Waals surface area (Å²) in [5, 5.41) is 12.0. The largest absolute Gasteiger partial charge is 0.425 e. The van der Waals surface area contributed by atoms with Gasteiger partial charge in [-0.3, -0.25) is 9.78 Å². The maximum atomic E-state index is 11.3. The molecule has 3 aromatic rings. The molecule has 21 heavy (non-hydrogen) atoms. The molecule has 0 fully saturated rings. The van der Waals surface area contributed by atoms with Gasteiger partial charge >= 0.3 is 0 Å². The van der Waals surface area contributed by atoms with Crippen LogP contribution in [-0.2, 0) is 0 Å². The van der Waals surface area contributed by atoms with Crippen LogP contribution in [-0.4, -0.2) is 19.9 Å². The second-order valence-electron chi connectivity index (χ2n) is 4.47. The van der Waals surface area contributed by atoms with Crippen molar-refractivity contribution in [2.45, 2.75) is 6.92 Å². The molecule has 0 aromatic carbocycles. The van der Waals surface area contributed by atoms with Crippen molar-refractivity contribution in [1.82, 2.24) is 14.7 Å². The normalized spacial score (nSPS) is 10.5. The van der Waals surface area contributed by atoms with E-state index in [0.717, 1.165) is 5.56 Å². The highest BCUT2D eigenvalue weighted by molar-refractivity contribution is 5.56. The summed E-state index contributed by atoms with van der Waals surface area (Å²) in [6, 6.07) is 6.76. The highest BCUT2D eigenvalue weighted by Crippen LogP contribution is 2.22. The molecule has 0 radical (unpaired) electrons. The number of aryl methyl sites for hydroxylation is 1. The van der Waals surface area contributed by atoms with Gasteiger partial charge < -0.3 is 14.9 Å². The van der Waals surface area contributed by atoms with Crippen LogP contribution >= 0.6 is 0 Å². The molecule has 0 bridgehead atoms. The van der Waals surface area contributed by atoms with Gasteiger partial charge in [0.05, 0.1) is 6.20 Å². The first kappa shape index (κ1) is 12.9. The van der Waals surface area contributed by atoms with E-state index in [-0.39, 0.29) is 6.01 Å². The number of anilines is 2. The van der Waals surface area contributed by atoms with Gasteiger partial charge in [-0.05, 0) is 24.6 Å². The van der Waals surface area contributed by atoms with E-state index < -0.39 is 5.56 Å². The summed E-state index contributed by atoms with van der Waals surface area (Å²) >= 11 is 0. The van der Waals surface area contributed by atoms with Gasteiger partial charge in [0.1, 0.15) is 5.69 Å². The second kappa shape index (κ2) is 5.12. The fraction of sp³-hybridized carbons (Fsp3) is 0.0714. The molecule has 7 heteroatoms. The monoisotopic (exact) mass is 284 g/mol. The molecular weight excluding hydrogens is 272 g/mol. The van der Waals surface area contributed by atoms with Crippen molar-refractivity contribution in [3.8, 4) is 11.5 Å². The van der Waals surface area contributed by atoms with E-state index in [2.05, 4.69) is 15.3 Å². The molecule has 0 spiro atoms. The lowest BCUT2D eigenvalue weighted by Crippen LogP contribution is -2.15. The third kappa shape index (κ3) is 2.76. The highest BCUT2D eigenvalue weighted by Gasteiger charge is 2.08. The predicted octanol–water partition coefficient (Wildman–Crippen LogP) is 2.19. The fourth-order valence-electron chi connectivity index (χ4n) is 1.74. The minimum atomic E-state index is -0.549. The number of rotatable bonds is 3. The Kier molecular flexibility index (Phi) is 3.15. The maximum Gasteiger partial charge on any atom is 0.299 e. The first-order chi connectivity index (χ1) is 10.1. The molecule has 2 N–H and O–H groups in total. The van der Waals surface area contributed by atoms with Crippen molar-refractivity contribution < 1.29 is 9.62 Å². The van der Waals surface area contributed by atoms with E-state index >= 15 is 0 Å². The third-order valence-corrected chi connectivity index (χ3v) is 2.82. The summed E-state index contributed by atoms with van der Waals surface area (Å²) in [6.07, 6.45) is 4.52. The molecule has 0 amide bonds. The standard InChI is InChI=1S/C14H12N4O3/c1-9-2-3-11(15-7-9)12-8-16-14(21-12)17-10-4-5-18(20)13(19)6-10/h2-8,20H,1H3,(H,16,17). The molecule has 0 saturated carbocycles. The molecule has 3 rings (SSSR count). The SMILES string of the molecule is Cc1ccc(-c2cnc(Nc3ccn(O)c(=O)c3)o2)nc1. The van der Waals surface area contributed by atoms with Crippen molar-refractivity contribution in [2.24, 2.45) is 0 Å². The van der Waals surface area contributed by atoms with E-state index in [1.807, 2.05) is 19.1 Å². The van der Waals surface area contributed by atoms with Crippen LogP contribution < -0.4 is 10.9 Å². The fourth-order valence-corrected chi connectivity index (χ4v) is 1.74. The predicted molar refractivity (Wildman–Crippen MR) is 75.6 cm³/mol. The molecule has 0 unspecified atom stereocenters. The minimum absolute atomic E-state index is 0.238. The summed E-state index contributed by atoms with van der Waals surface area (Å²) in [7, 11) is 0. The average molecular weight is 284 g/mol. The molecule has 0 aliphatic heterocycles. The quantitative estimate of drug-likeness (QED) is 0.716. The Bertz CT molecular complexity index is 821. The molecule has 3 aromatic heterocycles. The number of oxazole rings is 1. The van der Waals surface area contributed by atoms with Crippen LogP contribution in [0.5, 0.6) is 0 Å². The van der Waals surface area contributed by atoms with Crippen molar-refractivity contribution in [2.75, 3.05) is 5.32 Å². The Morgan fingerprint density at radius 3 is 2.81 bits per heavy atom. The Hall–Kier alpha value is -3.09. The maximum absolute atomic E-state index is 11.3. The topological polar surface area (TPSA) is 93.2 Å². The van der Waals surface area contributed by atoms with Gasteiger partial charge in [0.2, 0.25) is 0 Å². The zero-order valence-corrected chi connectivity index (χ0v) is 11.1. The molecule has 0 aliphatic rings. The van der Waals surface area contributed by atoms with Crippen LogP contribution in [0.15, 0.2) is 52.1 Å². The summed E-state index contributed by atoms with van der Waals surface area (Å²) in [5.41, 5.74) is 1.65. The number of pyridine rings is 2. The van der Waals surface area contributed by atoms with Crippen molar-refractivity contribution in [1.29, 1.82) is 0 Å². The number of hydrogen-bond acceptors (Lipinski definition) is 6. The van der Waals surface area contributed by atoms with E-state index in [1.165, 1.54) is 18.3 Å². The third-order valence-electron chi connectivity index (χ3n) is 2.82. The number of nitrogens with one attached hydrogen (secondary N) is 1. The highest BCUT2D eigenvalue weighted by atomic mass is 16.5. The van der Waals surface area contributed by atoms with Crippen LogP contribution in [0.4, 0.5) is 11.7 Å². The molecule has 106 valence electrons. The zero-order chi connectivity index (χ0) is 14.8. The Balaban J connectivity index is 1.83. The first-order valence-electron chi connectivity index (χ1n) is 6.20. The molecule has 0 saturated heterocycles. The molecule has 0 aliphatic carbocycles. The van der Waals surface area contributed by atoms with Crippen molar-refractivity contribution >= 4 is 11.7 Å². The number of aromatic nitrogens is 3. The summed E-state index contributed by atoms with van der Waals surface area (Å²) in [6.45, 7) is 1.95. The lowest BCUT2D eigenvalue weighted by atomic mass is 10.2. The van der Waals surface area contributed by atoms with E-state index in [4.69, 9.17) is 9.62 Å². The Morgan fingerprint density at radius 2 is 2.10 bits per heavy atom. The molecule has 7 nitrogen and oxygen atoms in total. The Labute approximate surface area is 119 Å². The summed E-state index contributed by atoms with van der Waals surface area (Å²) < 4.78 is 6.02. The molecular formula is C14H12N4O3. The van der Waals surface area contributed by atoms with Crippen LogP contribution in [0.2, 0.25) is 0 Å². The summed E-state index contributed by atoms with van der Waals surface area (Å²) in [4.78, 5) is 19.6. The first-order valence-corrected chi connectivity index (χ1v) is 6.20. The number of hydrogen-bond donors (Lipinski definition) is 2. The van der Waals surface area contributed by atoms with Crippen molar-refractivity contribution in [3.63, 3.8) is 0 Å². The lowest BCUT2D eigenvalue weighted by Gasteiger charge is -2.01.